The van der Waals surface area contributed by atoms with Gasteiger partial charge >= 0.3 is 47.8 Å². The molecule has 10 N–H and O–H groups in total. The van der Waals surface area contributed by atoms with Crippen LogP contribution in [0.1, 0.15) is 105 Å². The third-order valence-corrected chi connectivity index (χ3v) is 16.5. The highest BCUT2D eigenvalue weighted by atomic mass is 32.2. The van der Waals surface area contributed by atoms with Gasteiger partial charge in [-0.25, -0.2) is 0 Å². The molecule has 5 atom stereocenters. The lowest BCUT2D eigenvalue weighted by Gasteiger charge is -2.38. The summed E-state index contributed by atoms with van der Waals surface area (Å²) in [6, 6.07) is -5.63. The van der Waals surface area contributed by atoms with Gasteiger partial charge in [0.15, 0.2) is 0 Å². The molecule has 0 aromatic carbocycles. The molecule has 3 heterocycles. The summed E-state index contributed by atoms with van der Waals surface area (Å²) in [5.41, 5.74) is -1.75. The van der Waals surface area contributed by atoms with Crippen LogP contribution in [-0.4, -0.2) is 323 Å². The molecule has 0 saturated carbocycles. The third kappa shape index (κ3) is 23.8. The Morgan fingerprint density at radius 1 is 0.534 bits per heavy atom. The number of amides is 6. The fourth-order valence-corrected chi connectivity index (χ4v) is 12.1. The lowest BCUT2D eigenvalue weighted by Crippen LogP contribution is -2.54. The van der Waals surface area contributed by atoms with Gasteiger partial charge in [0.2, 0.25) is 35.4 Å². The minimum atomic E-state index is -1.77. The van der Waals surface area contributed by atoms with Crippen LogP contribution in [0.15, 0.2) is 0 Å². The number of likely N-dealkylation sites (tertiary alicyclic amines) is 1. The van der Waals surface area contributed by atoms with Crippen molar-refractivity contribution in [2.75, 3.05) is 97.4 Å². The number of hydrogen-bond acceptors (Lipinski definition) is 21. The molecule has 35 heteroatoms. The van der Waals surface area contributed by atoms with Crippen molar-refractivity contribution in [3.63, 3.8) is 0 Å². The smallest absolute Gasteiger partial charge is 0.320 e. The molecule has 3 saturated heterocycles. The summed E-state index contributed by atoms with van der Waals surface area (Å²) < 4.78 is 0. The average Bonchev–Trinajstić information content (AvgIpc) is 2.14. The molecule has 5 unspecified atom stereocenters. The topological polar surface area (TPSA) is 488 Å². The number of aliphatic carboxylic acids is 8. The van der Waals surface area contributed by atoms with E-state index in [0.717, 1.165) is 21.7 Å². The third-order valence-electron chi connectivity index (χ3n) is 15.3. The first-order valence-electron chi connectivity index (χ1n) is 28.2. The summed E-state index contributed by atoms with van der Waals surface area (Å²) >= 11 is 1.07. The number of hydroxylamine groups is 2. The van der Waals surface area contributed by atoms with Crippen molar-refractivity contribution < 1.29 is 123 Å². The van der Waals surface area contributed by atoms with Crippen molar-refractivity contribution in [3.05, 3.63) is 0 Å². The molecule has 3 fully saturated rings. The molecule has 3 aliphatic heterocycles. The van der Waals surface area contributed by atoms with Gasteiger partial charge in [-0.3, -0.25) is 91.5 Å². The van der Waals surface area contributed by atoms with Gasteiger partial charge in [0.1, 0.15) is 18.1 Å². The highest BCUT2D eigenvalue weighted by Gasteiger charge is 2.58. The summed E-state index contributed by atoms with van der Waals surface area (Å²) in [6.07, 6.45) is -3.35. The number of hydrogen-bond donors (Lipinski definition) is 10. The molecule has 0 bridgehead atoms. The largest absolute Gasteiger partial charge is 0.483 e. The Balaban J connectivity index is 0.00000861. The first kappa shape index (κ1) is 76.5. The first-order chi connectivity index (χ1) is 41.0. The summed E-state index contributed by atoms with van der Waals surface area (Å²) in [4.78, 5) is 197. The van der Waals surface area contributed by atoms with Crippen LogP contribution in [0.4, 0.5) is 0 Å². The predicted octanol–water partition coefficient (Wildman–Crippen LogP) is -1.88. The Hall–Kier alpha value is -7.60. The van der Waals surface area contributed by atoms with Crippen LogP contribution < -0.4 is 0 Å². The number of carbonyl (C=O) groups excluding carboxylic acids is 6. The van der Waals surface area contributed by atoms with E-state index >= 15 is 0 Å². The van der Waals surface area contributed by atoms with Crippen molar-refractivity contribution in [2.45, 2.75) is 146 Å². The molecule has 88 heavy (non-hydrogen) atoms. The standard InChI is InChI=1S/C52H81N9O23S.CH2O2/c1-6-53(27-42(67)68)32(48(78)79)9-12-37(62)54-16-7-17-56(39(64)14-11-34(50(82)83)59(30-45(73)74)31-46(75)76)22-23-57(19-8-18-55(21-20-54)38(63)13-10-33(49(80)81)58(28-43(69)70)29-44(71)72)40(65)15-24-85-35-25-41(66)60(47(35)77)36-26-51(2,3)61(84)52(36,4)5;2-1-3/h32-36,84H,6-31H2,1-5H3,(H,67,68)(H,69,70)(H,71,72)(H,73,74)(H,75,76)(H,78,79)(H,80,81)(H,82,83);1H,(H,2,3). The maximum atomic E-state index is 14.3. The van der Waals surface area contributed by atoms with Crippen LogP contribution in [0.3, 0.4) is 0 Å². The minimum Gasteiger partial charge on any atom is -0.483 e. The normalized spacial score (nSPS) is 19.5. The van der Waals surface area contributed by atoms with Crippen molar-refractivity contribution in [1.82, 2.24) is 44.3 Å². The zero-order valence-corrected chi connectivity index (χ0v) is 50.7. The van der Waals surface area contributed by atoms with Crippen LogP contribution in [0.2, 0.25) is 0 Å². The monoisotopic (exact) mass is 1280 g/mol. The van der Waals surface area contributed by atoms with Gasteiger partial charge in [-0.1, -0.05) is 6.92 Å². The fourth-order valence-electron chi connectivity index (χ4n) is 11.0. The van der Waals surface area contributed by atoms with Gasteiger partial charge in [-0.05, 0) is 72.8 Å². The summed E-state index contributed by atoms with van der Waals surface area (Å²) in [6.45, 7) is 1.76. The lowest BCUT2D eigenvalue weighted by molar-refractivity contribution is -0.198. The van der Waals surface area contributed by atoms with E-state index in [2.05, 4.69) is 0 Å². The number of imide groups is 1. The van der Waals surface area contributed by atoms with E-state index < -0.39 is 189 Å². The van der Waals surface area contributed by atoms with Gasteiger partial charge < -0.3 is 70.8 Å². The number of carboxylic acid groups (broad SMARTS) is 9. The van der Waals surface area contributed by atoms with Crippen LogP contribution in [0.5, 0.6) is 0 Å². The Morgan fingerprint density at radius 3 is 1.12 bits per heavy atom. The zero-order valence-electron chi connectivity index (χ0n) is 49.9. The Kier molecular flexibility index (Phi) is 31.3. The second-order valence-electron chi connectivity index (χ2n) is 22.3. The number of rotatable bonds is 31. The van der Waals surface area contributed by atoms with Crippen molar-refractivity contribution in [3.8, 4) is 0 Å². The molecule has 0 aliphatic carbocycles. The minimum absolute atomic E-state index is 0.0180. The number of carbonyl (C=O) groups is 15. The maximum Gasteiger partial charge on any atom is 0.320 e. The maximum absolute atomic E-state index is 14.3. The Morgan fingerprint density at radius 2 is 0.841 bits per heavy atom. The summed E-state index contributed by atoms with van der Waals surface area (Å²) in [5, 5.41) is 95.5. The van der Waals surface area contributed by atoms with E-state index in [9.17, 15) is 113 Å². The van der Waals surface area contributed by atoms with E-state index in [1.54, 1.807) is 27.7 Å². The summed E-state index contributed by atoms with van der Waals surface area (Å²) in [7, 11) is 0. The van der Waals surface area contributed by atoms with E-state index in [1.165, 1.54) is 31.4 Å². The number of carboxylic acids is 8. The second kappa shape index (κ2) is 36.0. The Bertz CT molecular complexity index is 2510. The van der Waals surface area contributed by atoms with Crippen LogP contribution in [0, 0.1) is 0 Å². The van der Waals surface area contributed by atoms with Crippen LogP contribution in [-0.2, 0) is 71.9 Å². The lowest BCUT2D eigenvalue weighted by atomic mass is 9.93. The molecule has 0 aromatic heterocycles. The molecule has 3 aliphatic rings. The van der Waals surface area contributed by atoms with Crippen molar-refractivity contribution in [1.29, 1.82) is 0 Å². The number of likely N-dealkylation sites (N-methyl/N-ethyl adjacent to an activating group) is 1. The summed E-state index contributed by atoms with van der Waals surface area (Å²) in [5.74, 6) is -15.7. The van der Waals surface area contributed by atoms with Crippen LogP contribution in [0.25, 0.3) is 0 Å². The molecule has 0 aromatic rings. The highest BCUT2D eigenvalue weighted by Crippen LogP contribution is 2.44. The van der Waals surface area contributed by atoms with Crippen molar-refractivity contribution in [2.24, 2.45) is 0 Å². The van der Waals surface area contributed by atoms with Gasteiger partial charge in [0.25, 0.3) is 6.47 Å². The van der Waals surface area contributed by atoms with Gasteiger partial charge in [-0.2, -0.15) is 5.06 Å². The molecule has 0 spiro atoms. The molecular formula is C53H83N9O25S. The van der Waals surface area contributed by atoms with Crippen molar-refractivity contribution >= 4 is 101 Å². The molecule has 0 radical (unpaired) electrons. The SMILES string of the molecule is CCN(CC(=O)O)C(CCC(=O)N1CCCN(C(=O)CCC(C(=O)O)N(CC(=O)O)CC(=O)O)CCN(C(=O)CCSC2CC(=O)N(C3CC(C)(C)N(O)C3(C)C)C2=O)CCCN(C(=O)CCC(C(=O)O)N(CC(=O)O)CC(=O)O)CC1)C(=O)O.O=CO. The number of nitrogens with zero attached hydrogens (tertiary/aromatic N) is 9. The molecule has 3 rings (SSSR count). The first-order valence-corrected chi connectivity index (χ1v) is 29.2. The molecule has 34 nitrogen and oxygen atoms in total. The van der Waals surface area contributed by atoms with E-state index in [0.29, 0.717) is 9.80 Å². The molecule has 6 amide bonds. The molecular weight excluding hydrogens is 1190 g/mol. The second-order valence-corrected chi connectivity index (χ2v) is 23.6. The van der Waals surface area contributed by atoms with Gasteiger partial charge in [0.05, 0.1) is 49.6 Å². The van der Waals surface area contributed by atoms with Gasteiger partial charge in [-0.15, -0.1) is 11.8 Å². The van der Waals surface area contributed by atoms with Gasteiger partial charge in [0, 0.05) is 95.8 Å². The quantitative estimate of drug-likeness (QED) is 0.0268. The van der Waals surface area contributed by atoms with E-state index in [-0.39, 0.29) is 110 Å². The zero-order chi connectivity index (χ0) is 67.0. The number of thioether (sulfide) groups is 1. The fraction of sp³-hybridized carbons (Fsp3) is 0.717. The van der Waals surface area contributed by atoms with E-state index in [1.807, 2.05) is 0 Å². The van der Waals surface area contributed by atoms with E-state index in [4.69, 9.17) is 9.90 Å². The van der Waals surface area contributed by atoms with Crippen LogP contribution >= 0.6 is 11.8 Å². The predicted molar refractivity (Wildman–Crippen MR) is 302 cm³/mol. The molecule has 496 valence electrons. The Labute approximate surface area is 510 Å². The average molecular weight is 1280 g/mol. The highest BCUT2D eigenvalue weighted by molar-refractivity contribution is 8.00.